The van der Waals surface area contributed by atoms with E-state index in [1.165, 1.54) is 0 Å². The summed E-state index contributed by atoms with van der Waals surface area (Å²) >= 11 is 0. The molecule has 5 heteroatoms. The number of nitrogens with zero attached hydrogens (tertiary/aromatic N) is 2. The van der Waals surface area contributed by atoms with Gasteiger partial charge in [-0.1, -0.05) is 12.1 Å². The minimum absolute atomic E-state index is 0.0587. The Morgan fingerprint density at radius 3 is 3.05 bits per heavy atom. The first-order valence-electron chi connectivity index (χ1n) is 7.78. The Bertz CT molecular complexity index is 619. The number of carbonyl (C=O) groups is 1. The summed E-state index contributed by atoms with van der Waals surface area (Å²) in [7, 11) is 0. The third-order valence-corrected chi connectivity index (χ3v) is 4.06. The molecule has 2 heterocycles. The van der Waals surface area contributed by atoms with Gasteiger partial charge in [-0.25, -0.2) is 0 Å². The molecule has 2 aromatic rings. The molecule has 1 amide bonds. The number of ether oxygens (including phenoxy) is 1. The van der Waals surface area contributed by atoms with E-state index in [9.17, 15) is 4.79 Å². The minimum atomic E-state index is 0.0587. The van der Waals surface area contributed by atoms with Gasteiger partial charge in [-0.3, -0.25) is 9.89 Å². The van der Waals surface area contributed by atoms with Crippen LogP contribution in [0.5, 0.6) is 0 Å². The summed E-state index contributed by atoms with van der Waals surface area (Å²) in [5.74, 6) is 0.0587. The fraction of sp³-hybridized carbons (Fsp3) is 0.412. The predicted molar refractivity (Wildman–Crippen MR) is 84.6 cm³/mol. The van der Waals surface area contributed by atoms with Gasteiger partial charge in [0.2, 0.25) is 0 Å². The molecule has 0 bridgehead atoms. The third-order valence-electron chi connectivity index (χ3n) is 4.06. The van der Waals surface area contributed by atoms with Gasteiger partial charge in [0, 0.05) is 37.0 Å². The summed E-state index contributed by atoms with van der Waals surface area (Å²) in [6.45, 7) is 4.18. The lowest BCUT2D eigenvalue weighted by atomic mass is 10.1. The number of carbonyl (C=O) groups excluding carboxylic acids is 1. The first-order valence-corrected chi connectivity index (χ1v) is 7.78. The quantitative estimate of drug-likeness (QED) is 0.923. The maximum absolute atomic E-state index is 12.7. The van der Waals surface area contributed by atoms with Crippen molar-refractivity contribution in [1.29, 1.82) is 0 Å². The molecule has 1 aliphatic rings. The molecule has 1 saturated heterocycles. The zero-order chi connectivity index (χ0) is 15.4. The average molecular weight is 299 g/mol. The zero-order valence-electron chi connectivity index (χ0n) is 12.8. The highest BCUT2D eigenvalue weighted by Crippen LogP contribution is 2.20. The van der Waals surface area contributed by atoms with Crippen LogP contribution in [0.4, 0.5) is 0 Å². The lowest BCUT2D eigenvalue weighted by molar-refractivity contribution is 0.0539. The standard InChI is InChI=1S/C17H21N3O2/c1-2-20(12-16-7-4-8-22-16)17(21)14-6-3-5-13(9-14)15-10-18-19-11-15/h3,5-6,9-11,16H,2,4,7-8,12H2,1H3,(H,18,19). The summed E-state index contributed by atoms with van der Waals surface area (Å²) in [5.41, 5.74) is 2.68. The highest BCUT2D eigenvalue weighted by atomic mass is 16.5. The van der Waals surface area contributed by atoms with Crippen molar-refractivity contribution in [3.8, 4) is 11.1 Å². The number of aromatic nitrogens is 2. The lowest BCUT2D eigenvalue weighted by Crippen LogP contribution is -2.37. The van der Waals surface area contributed by atoms with Gasteiger partial charge in [0.1, 0.15) is 0 Å². The number of H-pyrrole nitrogens is 1. The molecule has 0 radical (unpaired) electrons. The highest BCUT2D eigenvalue weighted by Gasteiger charge is 2.22. The molecule has 5 nitrogen and oxygen atoms in total. The number of amides is 1. The molecular formula is C17H21N3O2. The van der Waals surface area contributed by atoms with Crippen LogP contribution in [0.3, 0.4) is 0 Å². The van der Waals surface area contributed by atoms with Crippen molar-refractivity contribution in [3.05, 3.63) is 42.2 Å². The van der Waals surface area contributed by atoms with Gasteiger partial charge in [-0.05, 0) is 37.5 Å². The Labute approximate surface area is 130 Å². The van der Waals surface area contributed by atoms with Crippen molar-refractivity contribution in [2.24, 2.45) is 0 Å². The lowest BCUT2D eigenvalue weighted by Gasteiger charge is -2.24. The molecule has 1 unspecified atom stereocenters. The molecular weight excluding hydrogens is 278 g/mol. The number of hydrogen-bond donors (Lipinski definition) is 1. The van der Waals surface area contributed by atoms with Crippen LogP contribution in [0.15, 0.2) is 36.7 Å². The van der Waals surface area contributed by atoms with Gasteiger partial charge >= 0.3 is 0 Å². The summed E-state index contributed by atoms with van der Waals surface area (Å²) in [5, 5.41) is 6.75. The number of likely N-dealkylation sites (N-methyl/N-ethyl adjacent to an activating group) is 1. The predicted octanol–water partition coefficient (Wildman–Crippen LogP) is 2.72. The number of nitrogens with one attached hydrogen (secondary N) is 1. The zero-order valence-corrected chi connectivity index (χ0v) is 12.8. The van der Waals surface area contributed by atoms with E-state index in [-0.39, 0.29) is 12.0 Å². The second kappa shape index (κ2) is 6.75. The van der Waals surface area contributed by atoms with E-state index in [1.54, 1.807) is 6.20 Å². The number of hydrogen-bond acceptors (Lipinski definition) is 3. The van der Waals surface area contributed by atoms with E-state index in [4.69, 9.17) is 4.74 Å². The molecule has 0 spiro atoms. The van der Waals surface area contributed by atoms with Crippen LogP contribution in [0.2, 0.25) is 0 Å². The van der Waals surface area contributed by atoms with Crippen molar-refractivity contribution < 1.29 is 9.53 Å². The molecule has 1 aromatic heterocycles. The van der Waals surface area contributed by atoms with E-state index < -0.39 is 0 Å². The fourth-order valence-corrected chi connectivity index (χ4v) is 2.81. The number of rotatable bonds is 5. The molecule has 1 N–H and O–H groups in total. The van der Waals surface area contributed by atoms with E-state index in [0.717, 1.165) is 30.6 Å². The molecule has 0 saturated carbocycles. The molecule has 0 aliphatic carbocycles. The summed E-state index contributed by atoms with van der Waals surface area (Å²) in [6.07, 6.45) is 5.90. The topological polar surface area (TPSA) is 58.2 Å². The second-order valence-electron chi connectivity index (χ2n) is 5.55. The first kappa shape index (κ1) is 14.8. The van der Waals surface area contributed by atoms with E-state index in [0.29, 0.717) is 18.7 Å². The fourth-order valence-electron chi connectivity index (χ4n) is 2.81. The average Bonchev–Trinajstić information content (AvgIpc) is 3.25. The number of benzene rings is 1. The molecule has 116 valence electrons. The smallest absolute Gasteiger partial charge is 0.253 e. The summed E-state index contributed by atoms with van der Waals surface area (Å²) < 4.78 is 5.65. The molecule has 1 aromatic carbocycles. The summed E-state index contributed by atoms with van der Waals surface area (Å²) in [4.78, 5) is 14.6. The van der Waals surface area contributed by atoms with Gasteiger partial charge < -0.3 is 9.64 Å². The van der Waals surface area contributed by atoms with Gasteiger partial charge in [0.25, 0.3) is 5.91 Å². The van der Waals surface area contributed by atoms with Crippen LogP contribution >= 0.6 is 0 Å². The van der Waals surface area contributed by atoms with Crippen LogP contribution in [0, 0.1) is 0 Å². The van der Waals surface area contributed by atoms with Crippen LogP contribution in [0.1, 0.15) is 30.1 Å². The first-order chi connectivity index (χ1) is 10.8. The van der Waals surface area contributed by atoms with Crippen molar-refractivity contribution in [2.45, 2.75) is 25.9 Å². The minimum Gasteiger partial charge on any atom is -0.376 e. The Hall–Kier alpha value is -2.14. The molecule has 1 aliphatic heterocycles. The molecule has 1 fully saturated rings. The highest BCUT2D eigenvalue weighted by molar-refractivity contribution is 5.95. The Morgan fingerprint density at radius 2 is 2.36 bits per heavy atom. The van der Waals surface area contributed by atoms with Crippen molar-refractivity contribution in [1.82, 2.24) is 15.1 Å². The van der Waals surface area contributed by atoms with Crippen molar-refractivity contribution >= 4 is 5.91 Å². The second-order valence-corrected chi connectivity index (χ2v) is 5.55. The van der Waals surface area contributed by atoms with Crippen LogP contribution in [0.25, 0.3) is 11.1 Å². The Balaban J connectivity index is 1.76. The van der Waals surface area contributed by atoms with Crippen LogP contribution in [-0.4, -0.2) is 46.8 Å². The Kier molecular flexibility index (Phi) is 4.53. The van der Waals surface area contributed by atoms with E-state index in [1.807, 2.05) is 42.3 Å². The van der Waals surface area contributed by atoms with Gasteiger partial charge in [-0.2, -0.15) is 5.10 Å². The maximum Gasteiger partial charge on any atom is 0.253 e. The van der Waals surface area contributed by atoms with Gasteiger partial charge in [-0.15, -0.1) is 0 Å². The summed E-state index contributed by atoms with van der Waals surface area (Å²) in [6, 6.07) is 7.68. The monoisotopic (exact) mass is 299 g/mol. The molecule has 22 heavy (non-hydrogen) atoms. The largest absolute Gasteiger partial charge is 0.376 e. The third kappa shape index (κ3) is 3.20. The SMILES string of the molecule is CCN(CC1CCCO1)C(=O)c1cccc(-c2cn[nH]c2)c1. The van der Waals surface area contributed by atoms with Crippen LogP contribution < -0.4 is 0 Å². The van der Waals surface area contributed by atoms with E-state index in [2.05, 4.69) is 10.2 Å². The molecule has 3 rings (SSSR count). The van der Waals surface area contributed by atoms with Crippen LogP contribution in [-0.2, 0) is 4.74 Å². The van der Waals surface area contributed by atoms with Crippen molar-refractivity contribution in [3.63, 3.8) is 0 Å². The van der Waals surface area contributed by atoms with Crippen molar-refractivity contribution in [2.75, 3.05) is 19.7 Å². The van der Waals surface area contributed by atoms with Gasteiger partial charge in [0.05, 0.1) is 12.3 Å². The normalized spacial score (nSPS) is 17.6. The van der Waals surface area contributed by atoms with E-state index >= 15 is 0 Å². The maximum atomic E-state index is 12.7. The number of aromatic amines is 1. The van der Waals surface area contributed by atoms with Gasteiger partial charge in [0.15, 0.2) is 0 Å². The Morgan fingerprint density at radius 1 is 1.45 bits per heavy atom. The molecule has 1 atom stereocenters.